The van der Waals surface area contributed by atoms with Crippen LogP contribution in [0.4, 0.5) is 0 Å². The average molecular weight is 345 g/mol. The number of hydrogen-bond acceptors (Lipinski definition) is 3. The Labute approximate surface area is 151 Å². The summed E-state index contributed by atoms with van der Waals surface area (Å²) >= 11 is 0. The van der Waals surface area contributed by atoms with Gasteiger partial charge in [-0.15, -0.1) is 6.58 Å². The molecule has 1 N–H and O–H groups in total. The first-order valence-corrected chi connectivity index (χ1v) is 9.74. The summed E-state index contributed by atoms with van der Waals surface area (Å²) in [5.41, 5.74) is 3.00. The molecule has 3 rings (SSSR count). The van der Waals surface area contributed by atoms with E-state index in [0.29, 0.717) is 18.3 Å². The van der Waals surface area contributed by atoms with Crippen LogP contribution >= 0.6 is 0 Å². The van der Waals surface area contributed by atoms with Gasteiger partial charge in [-0.25, -0.2) is 0 Å². The van der Waals surface area contributed by atoms with Gasteiger partial charge in [0.25, 0.3) is 5.91 Å². The first-order chi connectivity index (χ1) is 12.1. The number of nitrogens with one attached hydrogen (secondary N) is 1. The standard InChI is InChI=1S/C20H32N4O/c1-4-12-24-18-11-10-16(21-14-15-8-6-5-7-9-15)13-17(18)19(22-24)20(25)23(2)3/h4,15-16,21H,1,5-14H2,2-3H3. The highest BCUT2D eigenvalue weighted by molar-refractivity contribution is 5.93. The van der Waals surface area contributed by atoms with E-state index < -0.39 is 0 Å². The molecule has 1 aromatic rings. The Morgan fingerprint density at radius 1 is 1.32 bits per heavy atom. The van der Waals surface area contributed by atoms with E-state index in [0.717, 1.165) is 37.3 Å². The van der Waals surface area contributed by atoms with Gasteiger partial charge in [0.15, 0.2) is 5.69 Å². The topological polar surface area (TPSA) is 50.2 Å². The largest absolute Gasteiger partial charge is 0.343 e. The van der Waals surface area contributed by atoms with E-state index >= 15 is 0 Å². The molecule has 0 bridgehead atoms. The van der Waals surface area contributed by atoms with Crippen molar-refractivity contribution >= 4 is 5.91 Å². The lowest BCUT2D eigenvalue weighted by Gasteiger charge is -2.28. The third kappa shape index (κ3) is 4.14. The molecule has 2 aliphatic rings. The third-order valence-electron chi connectivity index (χ3n) is 5.68. The minimum atomic E-state index is 0.00647. The van der Waals surface area contributed by atoms with E-state index in [1.807, 2.05) is 10.8 Å². The molecule has 138 valence electrons. The maximum Gasteiger partial charge on any atom is 0.274 e. The van der Waals surface area contributed by atoms with E-state index in [1.54, 1.807) is 19.0 Å². The van der Waals surface area contributed by atoms with Crippen molar-refractivity contribution in [3.63, 3.8) is 0 Å². The van der Waals surface area contributed by atoms with Crippen molar-refractivity contribution in [3.8, 4) is 0 Å². The molecule has 1 heterocycles. The van der Waals surface area contributed by atoms with Crippen molar-refractivity contribution in [2.24, 2.45) is 5.92 Å². The Hall–Kier alpha value is -1.62. The van der Waals surface area contributed by atoms with Gasteiger partial charge >= 0.3 is 0 Å². The highest BCUT2D eigenvalue weighted by Crippen LogP contribution is 2.27. The van der Waals surface area contributed by atoms with Crippen LogP contribution in [0.25, 0.3) is 0 Å². The summed E-state index contributed by atoms with van der Waals surface area (Å²) in [5, 5.41) is 8.40. The molecule has 1 fully saturated rings. The number of carbonyl (C=O) groups is 1. The second-order valence-corrected chi connectivity index (χ2v) is 7.80. The van der Waals surface area contributed by atoms with Crippen LogP contribution in [0.3, 0.4) is 0 Å². The zero-order valence-electron chi connectivity index (χ0n) is 15.8. The molecule has 5 nitrogen and oxygen atoms in total. The molecule has 1 saturated carbocycles. The summed E-state index contributed by atoms with van der Waals surface area (Å²) in [4.78, 5) is 14.2. The van der Waals surface area contributed by atoms with Crippen molar-refractivity contribution in [1.29, 1.82) is 0 Å². The van der Waals surface area contributed by atoms with Crippen LogP contribution in [0.5, 0.6) is 0 Å². The Bertz CT molecular complexity index is 613. The fraction of sp³-hybridized carbons (Fsp3) is 0.700. The first-order valence-electron chi connectivity index (χ1n) is 9.74. The number of amides is 1. The lowest BCUT2D eigenvalue weighted by Crippen LogP contribution is -2.38. The molecule has 0 spiro atoms. The molecule has 5 heteroatoms. The Morgan fingerprint density at radius 3 is 2.76 bits per heavy atom. The Balaban J connectivity index is 1.71. The monoisotopic (exact) mass is 344 g/mol. The van der Waals surface area contributed by atoms with Gasteiger partial charge in [0.05, 0.1) is 6.54 Å². The quantitative estimate of drug-likeness (QED) is 0.808. The SMILES string of the molecule is C=CCn1nc(C(=O)N(C)C)c2c1CCC(NCC1CCCCC1)C2. The number of allylic oxidation sites excluding steroid dienone is 1. The predicted molar refractivity (Wildman–Crippen MR) is 101 cm³/mol. The summed E-state index contributed by atoms with van der Waals surface area (Å²) in [6, 6.07) is 0.463. The highest BCUT2D eigenvalue weighted by atomic mass is 16.2. The summed E-state index contributed by atoms with van der Waals surface area (Å²) in [7, 11) is 3.59. The molecular weight excluding hydrogens is 312 g/mol. The fourth-order valence-electron chi connectivity index (χ4n) is 4.24. The van der Waals surface area contributed by atoms with Crippen molar-refractivity contribution in [2.45, 2.75) is 64.0 Å². The molecule has 25 heavy (non-hydrogen) atoms. The normalized spacial score (nSPS) is 21.0. The molecule has 1 amide bonds. The van der Waals surface area contributed by atoms with Crippen molar-refractivity contribution < 1.29 is 4.79 Å². The van der Waals surface area contributed by atoms with Crippen LogP contribution in [-0.2, 0) is 19.4 Å². The zero-order valence-corrected chi connectivity index (χ0v) is 15.8. The third-order valence-corrected chi connectivity index (χ3v) is 5.68. The van der Waals surface area contributed by atoms with Crippen LogP contribution in [0.15, 0.2) is 12.7 Å². The summed E-state index contributed by atoms with van der Waals surface area (Å²) in [5.74, 6) is 0.841. The van der Waals surface area contributed by atoms with Gasteiger partial charge in [0.1, 0.15) is 0 Å². The zero-order chi connectivity index (χ0) is 17.8. The second-order valence-electron chi connectivity index (χ2n) is 7.80. The molecule has 2 aliphatic carbocycles. The van der Waals surface area contributed by atoms with E-state index in [9.17, 15) is 4.79 Å². The number of carbonyl (C=O) groups excluding carboxylic acids is 1. The van der Waals surface area contributed by atoms with E-state index in [2.05, 4.69) is 17.0 Å². The Kier molecular flexibility index (Phi) is 5.94. The maximum atomic E-state index is 12.5. The van der Waals surface area contributed by atoms with Crippen LogP contribution in [-0.4, -0.2) is 47.3 Å². The molecule has 1 aromatic heterocycles. The van der Waals surface area contributed by atoms with Crippen LogP contribution in [0.2, 0.25) is 0 Å². The maximum absolute atomic E-state index is 12.5. The molecule has 0 aromatic carbocycles. The summed E-state index contributed by atoms with van der Waals surface area (Å²) in [6.45, 7) is 5.61. The van der Waals surface area contributed by atoms with Gasteiger partial charge in [0, 0.05) is 31.4 Å². The van der Waals surface area contributed by atoms with Crippen LogP contribution in [0, 0.1) is 5.92 Å². The minimum absolute atomic E-state index is 0.00647. The lowest BCUT2D eigenvalue weighted by molar-refractivity contribution is 0.0820. The highest BCUT2D eigenvalue weighted by Gasteiger charge is 2.29. The average Bonchev–Trinajstić information content (AvgIpc) is 2.98. The lowest BCUT2D eigenvalue weighted by atomic mass is 9.87. The summed E-state index contributed by atoms with van der Waals surface area (Å²) in [6.07, 6.45) is 11.8. The molecule has 0 radical (unpaired) electrons. The van der Waals surface area contributed by atoms with E-state index in [-0.39, 0.29) is 5.91 Å². The van der Waals surface area contributed by atoms with Gasteiger partial charge in [-0.1, -0.05) is 25.3 Å². The van der Waals surface area contributed by atoms with Crippen molar-refractivity contribution in [1.82, 2.24) is 20.0 Å². The Morgan fingerprint density at radius 2 is 2.08 bits per heavy atom. The van der Waals surface area contributed by atoms with E-state index in [1.165, 1.54) is 37.8 Å². The predicted octanol–water partition coefficient (Wildman–Crippen LogP) is 2.80. The number of hydrogen-bond donors (Lipinski definition) is 1. The van der Waals surface area contributed by atoms with Crippen LogP contribution < -0.4 is 5.32 Å². The molecule has 0 aliphatic heterocycles. The number of aromatic nitrogens is 2. The fourth-order valence-corrected chi connectivity index (χ4v) is 4.24. The number of nitrogens with zero attached hydrogens (tertiary/aromatic N) is 3. The van der Waals surface area contributed by atoms with Gasteiger partial charge in [-0.05, 0) is 44.6 Å². The van der Waals surface area contributed by atoms with Gasteiger partial charge in [-0.3, -0.25) is 9.48 Å². The van der Waals surface area contributed by atoms with Crippen LogP contribution in [0.1, 0.15) is 60.3 Å². The molecule has 1 atom stereocenters. The van der Waals surface area contributed by atoms with Crippen molar-refractivity contribution in [3.05, 3.63) is 29.6 Å². The van der Waals surface area contributed by atoms with Gasteiger partial charge in [-0.2, -0.15) is 5.10 Å². The van der Waals surface area contributed by atoms with E-state index in [4.69, 9.17) is 0 Å². The molecule has 1 unspecified atom stereocenters. The smallest absolute Gasteiger partial charge is 0.274 e. The molecular formula is C20H32N4O. The number of fused-ring (bicyclic) bond motifs is 1. The minimum Gasteiger partial charge on any atom is -0.343 e. The second kappa shape index (κ2) is 8.17. The van der Waals surface area contributed by atoms with Gasteiger partial charge < -0.3 is 10.2 Å². The first kappa shape index (κ1) is 18.2. The summed E-state index contributed by atoms with van der Waals surface area (Å²) < 4.78 is 1.97. The van der Waals surface area contributed by atoms with Crippen molar-refractivity contribution in [2.75, 3.05) is 20.6 Å². The molecule has 0 saturated heterocycles. The van der Waals surface area contributed by atoms with Gasteiger partial charge in [0.2, 0.25) is 0 Å². The number of rotatable bonds is 6.